The van der Waals surface area contributed by atoms with Crippen molar-refractivity contribution < 1.29 is 14.3 Å². The van der Waals surface area contributed by atoms with Gasteiger partial charge in [0.2, 0.25) is 11.0 Å². The molecule has 3 rings (SSSR count). The first-order chi connectivity index (χ1) is 14.1. The summed E-state index contributed by atoms with van der Waals surface area (Å²) in [5.74, 6) is 2.44. The van der Waals surface area contributed by atoms with Crippen molar-refractivity contribution in [2.45, 2.75) is 17.7 Å². The van der Waals surface area contributed by atoms with Gasteiger partial charge in [0.15, 0.2) is 4.34 Å². The van der Waals surface area contributed by atoms with E-state index in [1.54, 1.807) is 18.9 Å². The number of carbonyl (C=O) groups is 1. The highest BCUT2D eigenvalue weighted by atomic mass is 32.2. The molecule has 29 heavy (non-hydrogen) atoms. The highest BCUT2D eigenvalue weighted by Gasteiger charge is 2.06. The third kappa shape index (κ3) is 6.95. The number of aromatic nitrogens is 2. The van der Waals surface area contributed by atoms with Crippen molar-refractivity contribution in [2.24, 2.45) is 0 Å². The van der Waals surface area contributed by atoms with Crippen LogP contribution in [0.3, 0.4) is 0 Å². The van der Waals surface area contributed by atoms with Crippen molar-refractivity contribution in [1.29, 1.82) is 0 Å². The zero-order chi connectivity index (χ0) is 20.5. The molecule has 0 radical (unpaired) electrons. The number of anilines is 3. The topological polar surface area (TPSA) is 85.4 Å². The Labute approximate surface area is 177 Å². The summed E-state index contributed by atoms with van der Waals surface area (Å²) in [7, 11) is 1.64. The number of amides is 1. The summed E-state index contributed by atoms with van der Waals surface area (Å²) in [5, 5.41) is 15.1. The Kier molecular flexibility index (Phi) is 7.71. The van der Waals surface area contributed by atoms with E-state index in [1.807, 2.05) is 48.5 Å². The average molecular weight is 431 g/mol. The molecule has 0 aliphatic rings. The first-order valence-corrected chi connectivity index (χ1v) is 10.8. The van der Waals surface area contributed by atoms with Crippen LogP contribution in [0.1, 0.15) is 13.3 Å². The van der Waals surface area contributed by atoms with E-state index < -0.39 is 0 Å². The number of nitrogens with one attached hydrogen (secondary N) is 2. The van der Waals surface area contributed by atoms with E-state index in [1.165, 1.54) is 18.3 Å². The molecule has 0 atom stereocenters. The van der Waals surface area contributed by atoms with Gasteiger partial charge < -0.3 is 20.1 Å². The third-order valence-corrected chi connectivity index (χ3v) is 5.74. The van der Waals surface area contributed by atoms with Gasteiger partial charge in [0, 0.05) is 24.1 Å². The fourth-order valence-corrected chi connectivity index (χ4v) is 4.16. The summed E-state index contributed by atoms with van der Waals surface area (Å²) in [6, 6.07) is 15.0. The monoisotopic (exact) mass is 430 g/mol. The van der Waals surface area contributed by atoms with Crippen LogP contribution in [0.15, 0.2) is 52.9 Å². The molecule has 0 aliphatic heterocycles. The fourth-order valence-electron chi connectivity index (χ4n) is 2.40. The van der Waals surface area contributed by atoms with Crippen molar-refractivity contribution in [2.75, 3.05) is 30.1 Å². The number of hydrogen-bond acceptors (Lipinski definition) is 8. The van der Waals surface area contributed by atoms with Gasteiger partial charge in [-0.3, -0.25) is 4.79 Å². The van der Waals surface area contributed by atoms with Crippen molar-refractivity contribution in [3.8, 4) is 11.5 Å². The van der Waals surface area contributed by atoms with E-state index >= 15 is 0 Å². The maximum Gasteiger partial charge on any atom is 0.221 e. The maximum atomic E-state index is 11.2. The smallest absolute Gasteiger partial charge is 0.221 e. The van der Waals surface area contributed by atoms with Crippen LogP contribution in [0.2, 0.25) is 0 Å². The molecule has 0 aliphatic carbocycles. The van der Waals surface area contributed by atoms with E-state index in [4.69, 9.17) is 9.47 Å². The molecule has 7 nitrogen and oxygen atoms in total. The number of thioether (sulfide) groups is 1. The maximum absolute atomic E-state index is 11.2. The number of ether oxygens (including phenoxy) is 2. The molecule has 3 aromatic rings. The van der Waals surface area contributed by atoms with E-state index in [9.17, 15) is 4.79 Å². The van der Waals surface area contributed by atoms with Crippen LogP contribution in [0.25, 0.3) is 0 Å². The van der Waals surface area contributed by atoms with Crippen LogP contribution >= 0.6 is 23.1 Å². The van der Waals surface area contributed by atoms with Gasteiger partial charge in [0.25, 0.3) is 0 Å². The molecule has 2 aromatic carbocycles. The third-order valence-electron chi connectivity index (χ3n) is 3.68. The Bertz CT molecular complexity index is 931. The predicted octanol–water partition coefficient (Wildman–Crippen LogP) is 4.81. The summed E-state index contributed by atoms with van der Waals surface area (Å²) in [6.07, 6.45) is 0.901. The molecule has 1 heterocycles. The second-order valence-corrected chi connectivity index (χ2v) is 8.31. The van der Waals surface area contributed by atoms with Gasteiger partial charge in [0.1, 0.15) is 11.5 Å². The second-order valence-electron chi connectivity index (χ2n) is 5.99. The Balaban J connectivity index is 1.40. The average Bonchev–Trinajstić information content (AvgIpc) is 3.15. The highest BCUT2D eigenvalue weighted by molar-refractivity contribution is 8.01. The summed E-state index contributed by atoms with van der Waals surface area (Å²) >= 11 is 3.15. The minimum absolute atomic E-state index is 0.104. The molecule has 0 unspecified atom stereocenters. The minimum atomic E-state index is -0.104. The Morgan fingerprint density at radius 3 is 2.62 bits per heavy atom. The number of methoxy groups -OCH3 is 1. The van der Waals surface area contributed by atoms with Crippen molar-refractivity contribution in [1.82, 2.24) is 10.2 Å². The number of carbonyl (C=O) groups excluding carboxylic acids is 1. The molecule has 0 bridgehead atoms. The van der Waals surface area contributed by atoms with Crippen LogP contribution in [-0.4, -0.2) is 35.6 Å². The lowest BCUT2D eigenvalue weighted by atomic mass is 10.3. The number of nitrogens with zero attached hydrogens (tertiary/aromatic N) is 2. The summed E-state index contributed by atoms with van der Waals surface area (Å²) in [5.41, 5.74) is 1.58. The first kappa shape index (κ1) is 20.9. The van der Waals surface area contributed by atoms with Gasteiger partial charge in [-0.2, -0.15) is 0 Å². The first-order valence-electron chi connectivity index (χ1n) is 9.00. The van der Waals surface area contributed by atoms with Crippen LogP contribution in [-0.2, 0) is 4.79 Å². The molecule has 1 aromatic heterocycles. The molecule has 0 fully saturated rings. The Hall–Kier alpha value is -2.78. The lowest BCUT2D eigenvalue weighted by Gasteiger charge is -2.06. The van der Waals surface area contributed by atoms with Crippen LogP contribution < -0.4 is 20.1 Å². The van der Waals surface area contributed by atoms with Gasteiger partial charge in [-0.1, -0.05) is 29.2 Å². The van der Waals surface area contributed by atoms with Gasteiger partial charge in [-0.05, 0) is 48.9 Å². The van der Waals surface area contributed by atoms with E-state index in [0.29, 0.717) is 11.7 Å². The summed E-state index contributed by atoms with van der Waals surface area (Å²) in [6.45, 7) is 2.12. The van der Waals surface area contributed by atoms with Crippen LogP contribution in [0.5, 0.6) is 11.5 Å². The largest absolute Gasteiger partial charge is 0.497 e. The van der Waals surface area contributed by atoms with Crippen molar-refractivity contribution in [3.05, 3.63) is 48.5 Å². The zero-order valence-electron chi connectivity index (χ0n) is 16.2. The summed E-state index contributed by atoms with van der Waals surface area (Å²) < 4.78 is 11.7. The molecule has 0 saturated carbocycles. The quantitative estimate of drug-likeness (QED) is 0.353. The molecule has 0 spiro atoms. The lowest BCUT2D eigenvalue weighted by Crippen LogP contribution is -2.05. The molecule has 2 N–H and O–H groups in total. The number of benzene rings is 2. The molecule has 152 valence electrons. The molecular weight excluding hydrogens is 408 g/mol. The standard InChI is InChI=1S/C20H22N4O3S2/c1-14(25)21-15-5-3-6-16(13-15)22-19-23-24-20(29-19)28-12-4-11-27-18-9-7-17(26-2)8-10-18/h3,5-10,13H,4,11-12H2,1-2H3,(H,21,25)(H,22,23). The lowest BCUT2D eigenvalue weighted by molar-refractivity contribution is -0.114. The molecular formula is C20H22N4O3S2. The molecule has 0 saturated heterocycles. The molecule has 9 heteroatoms. The highest BCUT2D eigenvalue weighted by Crippen LogP contribution is 2.29. The Morgan fingerprint density at radius 1 is 1.10 bits per heavy atom. The van der Waals surface area contributed by atoms with E-state index in [-0.39, 0.29) is 5.91 Å². The van der Waals surface area contributed by atoms with E-state index in [2.05, 4.69) is 20.8 Å². The van der Waals surface area contributed by atoms with Crippen LogP contribution in [0, 0.1) is 0 Å². The fraction of sp³-hybridized carbons (Fsp3) is 0.250. The number of rotatable bonds is 10. The van der Waals surface area contributed by atoms with Gasteiger partial charge in [-0.15, -0.1) is 10.2 Å². The Morgan fingerprint density at radius 2 is 1.86 bits per heavy atom. The SMILES string of the molecule is COc1ccc(OCCCSc2nnc(Nc3cccc(NC(C)=O)c3)s2)cc1. The van der Waals surface area contributed by atoms with Crippen molar-refractivity contribution in [3.63, 3.8) is 0 Å². The minimum Gasteiger partial charge on any atom is -0.497 e. The zero-order valence-corrected chi connectivity index (χ0v) is 17.8. The second kappa shape index (κ2) is 10.7. The predicted molar refractivity (Wildman–Crippen MR) is 118 cm³/mol. The summed E-state index contributed by atoms with van der Waals surface area (Å²) in [4.78, 5) is 11.2. The van der Waals surface area contributed by atoms with Crippen molar-refractivity contribution >= 4 is 45.5 Å². The van der Waals surface area contributed by atoms with Gasteiger partial charge >= 0.3 is 0 Å². The van der Waals surface area contributed by atoms with Crippen LogP contribution in [0.4, 0.5) is 16.5 Å². The molecule has 1 amide bonds. The van der Waals surface area contributed by atoms with Gasteiger partial charge in [0.05, 0.1) is 13.7 Å². The number of hydrogen-bond donors (Lipinski definition) is 2. The van der Waals surface area contributed by atoms with Gasteiger partial charge in [-0.25, -0.2) is 0 Å². The normalized spacial score (nSPS) is 10.4. The van der Waals surface area contributed by atoms with E-state index in [0.717, 1.165) is 39.4 Å².